The predicted octanol–water partition coefficient (Wildman–Crippen LogP) is 2.37. The number of sulfonamides is 1. The van der Waals surface area contributed by atoms with Gasteiger partial charge < -0.3 is 0 Å². The first-order chi connectivity index (χ1) is 11.8. The molecule has 0 spiro atoms. The Morgan fingerprint density at radius 2 is 1.52 bits per heavy atom. The zero-order valence-corrected chi connectivity index (χ0v) is 15.8. The van der Waals surface area contributed by atoms with Gasteiger partial charge in [0.25, 0.3) is 0 Å². The monoisotopic (exact) mass is 399 g/mol. The van der Waals surface area contributed by atoms with Crippen molar-refractivity contribution in [2.45, 2.75) is 16.6 Å². The van der Waals surface area contributed by atoms with Gasteiger partial charge in [0.2, 0.25) is 10.0 Å². The second-order valence-electron chi connectivity index (χ2n) is 5.99. The molecule has 2 aromatic rings. The molecule has 25 heavy (non-hydrogen) atoms. The molecule has 2 aromatic carbocycles. The fraction of sp³-hybridized carbons (Fsp3) is 0.294. The molecule has 5 nitrogen and oxygen atoms in total. The van der Waals surface area contributed by atoms with Gasteiger partial charge >= 0.3 is 0 Å². The summed E-state index contributed by atoms with van der Waals surface area (Å²) in [7, 11) is -7.00. The Balaban J connectivity index is 1.62. The van der Waals surface area contributed by atoms with Crippen molar-refractivity contribution in [1.82, 2.24) is 4.31 Å². The quantitative estimate of drug-likeness (QED) is 0.747. The van der Waals surface area contributed by atoms with Crippen molar-refractivity contribution in [1.29, 1.82) is 0 Å². The minimum Gasteiger partial charge on any atom is -0.223 e. The Hall–Kier alpha value is -1.41. The zero-order chi connectivity index (χ0) is 18.1. The molecule has 1 aliphatic rings. The number of hydrogen-bond donors (Lipinski definition) is 0. The van der Waals surface area contributed by atoms with Gasteiger partial charge in [0, 0.05) is 18.1 Å². The van der Waals surface area contributed by atoms with Gasteiger partial charge in [-0.25, -0.2) is 16.8 Å². The van der Waals surface area contributed by atoms with E-state index in [1.807, 2.05) is 30.3 Å². The lowest BCUT2D eigenvalue weighted by Gasteiger charge is -2.37. The highest BCUT2D eigenvalue weighted by atomic mass is 35.5. The molecule has 0 bridgehead atoms. The van der Waals surface area contributed by atoms with Crippen LogP contribution in [-0.2, 0) is 26.3 Å². The highest BCUT2D eigenvalue weighted by Crippen LogP contribution is 2.27. The minimum absolute atomic E-state index is 0.00207. The number of aryl methyl sites for hydroxylation is 1. The van der Waals surface area contributed by atoms with E-state index in [1.165, 1.54) is 28.6 Å². The van der Waals surface area contributed by atoms with Crippen molar-refractivity contribution >= 4 is 31.5 Å². The van der Waals surface area contributed by atoms with E-state index >= 15 is 0 Å². The predicted molar refractivity (Wildman–Crippen MR) is 97.9 cm³/mol. The Kier molecular flexibility index (Phi) is 5.20. The van der Waals surface area contributed by atoms with Crippen LogP contribution in [0.1, 0.15) is 5.56 Å². The molecule has 0 aliphatic carbocycles. The standard InChI is InChI=1S/C17H18ClNO4S2/c18-15-6-8-16(9-7-15)25(22,23)17-12-19(13-17)24(20,21)11-10-14-4-2-1-3-5-14/h1-9,17H,10-13H2. The van der Waals surface area contributed by atoms with Crippen LogP contribution < -0.4 is 0 Å². The number of rotatable bonds is 6. The third kappa shape index (κ3) is 4.06. The third-order valence-corrected chi connectivity index (χ3v) is 8.44. The fourth-order valence-corrected chi connectivity index (χ4v) is 6.19. The molecule has 1 fully saturated rings. The van der Waals surface area contributed by atoms with Crippen molar-refractivity contribution in [3.8, 4) is 0 Å². The number of benzene rings is 2. The molecule has 1 heterocycles. The van der Waals surface area contributed by atoms with Crippen LogP contribution >= 0.6 is 11.6 Å². The fourth-order valence-electron chi connectivity index (χ4n) is 2.66. The van der Waals surface area contributed by atoms with Crippen molar-refractivity contribution in [2.75, 3.05) is 18.8 Å². The van der Waals surface area contributed by atoms with Gasteiger partial charge in [0.05, 0.1) is 15.9 Å². The Bertz CT molecular complexity index is 936. The molecule has 0 amide bonds. The lowest BCUT2D eigenvalue weighted by atomic mass is 10.2. The molecular weight excluding hydrogens is 382 g/mol. The summed E-state index contributed by atoms with van der Waals surface area (Å²) in [4.78, 5) is 0.170. The van der Waals surface area contributed by atoms with Crippen molar-refractivity contribution in [3.05, 3.63) is 65.2 Å². The van der Waals surface area contributed by atoms with Crippen LogP contribution in [0.3, 0.4) is 0 Å². The lowest BCUT2D eigenvalue weighted by molar-refractivity contribution is 0.309. The normalized spacial score (nSPS) is 16.5. The molecule has 0 unspecified atom stereocenters. The van der Waals surface area contributed by atoms with Crippen LogP contribution in [0.15, 0.2) is 59.5 Å². The average Bonchev–Trinajstić information content (AvgIpc) is 2.52. The van der Waals surface area contributed by atoms with Gasteiger partial charge in [-0.3, -0.25) is 0 Å². The van der Waals surface area contributed by atoms with Crippen LogP contribution in [0, 0.1) is 0 Å². The van der Waals surface area contributed by atoms with Crippen molar-refractivity contribution in [3.63, 3.8) is 0 Å². The zero-order valence-electron chi connectivity index (χ0n) is 13.4. The largest absolute Gasteiger partial charge is 0.223 e. The maximum Gasteiger partial charge on any atom is 0.214 e. The minimum atomic E-state index is -3.54. The lowest BCUT2D eigenvalue weighted by Crippen LogP contribution is -2.57. The maximum absolute atomic E-state index is 12.5. The van der Waals surface area contributed by atoms with Gasteiger partial charge in [-0.1, -0.05) is 41.9 Å². The van der Waals surface area contributed by atoms with Gasteiger partial charge in [-0.15, -0.1) is 0 Å². The number of hydrogen-bond acceptors (Lipinski definition) is 4. The maximum atomic E-state index is 12.5. The van der Waals surface area contributed by atoms with Gasteiger partial charge in [0.15, 0.2) is 9.84 Å². The SMILES string of the molecule is O=S(=O)(c1ccc(Cl)cc1)C1CN(S(=O)(=O)CCc2ccccc2)C1. The molecule has 0 aromatic heterocycles. The molecule has 8 heteroatoms. The van der Waals surface area contributed by atoms with Crippen LogP contribution in [0.5, 0.6) is 0 Å². The highest BCUT2D eigenvalue weighted by Gasteiger charge is 2.43. The number of sulfone groups is 1. The van der Waals surface area contributed by atoms with Crippen molar-refractivity contribution in [2.24, 2.45) is 0 Å². The van der Waals surface area contributed by atoms with Gasteiger partial charge in [-0.05, 0) is 36.2 Å². The Morgan fingerprint density at radius 1 is 0.920 bits per heavy atom. The van der Waals surface area contributed by atoms with E-state index in [2.05, 4.69) is 0 Å². The van der Waals surface area contributed by atoms with Crippen LogP contribution in [0.25, 0.3) is 0 Å². The smallest absolute Gasteiger partial charge is 0.214 e. The van der Waals surface area contributed by atoms with Crippen LogP contribution in [0.2, 0.25) is 5.02 Å². The first-order valence-electron chi connectivity index (χ1n) is 7.80. The number of nitrogens with zero attached hydrogens (tertiary/aromatic N) is 1. The Morgan fingerprint density at radius 3 is 2.12 bits per heavy atom. The summed E-state index contributed by atoms with van der Waals surface area (Å²) in [5.74, 6) is -0.0231. The summed E-state index contributed by atoms with van der Waals surface area (Å²) in [5.41, 5.74) is 0.942. The molecule has 1 saturated heterocycles. The average molecular weight is 400 g/mol. The topological polar surface area (TPSA) is 71.5 Å². The van der Waals surface area contributed by atoms with E-state index in [-0.39, 0.29) is 23.7 Å². The van der Waals surface area contributed by atoms with Gasteiger partial charge in [-0.2, -0.15) is 4.31 Å². The Labute approximate surface area is 153 Å². The van der Waals surface area contributed by atoms with E-state index in [0.717, 1.165) is 5.56 Å². The van der Waals surface area contributed by atoms with E-state index < -0.39 is 25.1 Å². The molecule has 134 valence electrons. The molecule has 0 atom stereocenters. The third-order valence-electron chi connectivity index (χ3n) is 4.28. The number of halogens is 1. The van der Waals surface area contributed by atoms with Gasteiger partial charge in [0.1, 0.15) is 0 Å². The van der Waals surface area contributed by atoms with E-state index in [4.69, 9.17) is 11.6 Å². The van der Waals surface area contributed by atoms with E-state index in [1.54, 1.807) is 0 Å². The summed E-state index contributed by atoms with van der Waals surface area (Å²) >= 11 is 5.78. The summed E-state index contributed by atoms with van der Waals surface area (Å²) in [5, 5.41) is -0.252. The second kappa shape index (κ2) is 7.07. The molecule has 0 radical (unpaired) electrons. The van der Waals surface area contributed by atoms with E-state index in [9.17, 15) is 16.8 Å². The molecule has 0 saturated carbocycles. The van der Waals surface area contributed by atoms with E-state index in [0.29, 0.717) is 11.4 Å². The molecule has 0 N–H and O–H groups in total. The molecule has 1 aliphatic heterocycles. The summed E-state index contributed by atoms with van der Waals surface area (Å²) in [6.07, 6.45) is 0.411. The van der Waals surface area contributed by atoms with Crippen LogP contribution in [-0.4, -0.2) is 45.2 Å². The summed E-state index contributed by atoms with van der Waals surface area (Å²) in [6, 6.07) is 15.3. The molecular formula is C17H18ClNO4S2. The summed E-state index contributed by atoms with van der Waals surface area (Å²) < 4.78 is 51.0. The summed E-state index contributed by atoms with van der Waals surface area (Å²) in [6.45, 7) is 0.00413. The van der Waals surface area contributed by atoms with Crippen molar-refractivity contribution < 1.29 is 16.8 Å². The second-order valence-corrected chi connectivity index (χ2v) is 10.7. The van der Waals surface area contributed by atoms with Crippen LogP contribution in [0.4, 0.5) is 0 Å². The first-order valence-corrected chi connectivity index (χ1v) is 11.3. The highest BCUT2D eigenvalue weighted by molar-refractivity contribution is 7.92. The molecule has 3 rings (SSSR count). The first kappa shape index (κ1) is 18.4.